The predicted molar refractivity (Wildman–Crippen MR) is 54.6 cm³/mol. The van der Waals surface area contributed by atoms with Crippen LogP contribution in [0.1, 0.15) is 5.89 Å². The van der Waals surface area contributed by atoms with Crippen LogP contribution in [0.5, 0.6) is 5.75 Å². The van der Waals surface area contributed by atoms with Crippen molar-refractivity contribution in [3.8, 4) is 5.75 Å². The van der Waals surface area contributed by atoms with Gasteiger partial charge in [-0.25, -0.2) is 9.89 Å². The van der Waals surface area contributed by atoms with Crippen molar-refractivity contribution in [3.05, 3.63) is 50.8 Å². The van der Waals surface area contributed by atoms with Crippen molar-refractivity contribution in [1.82, 2.24) is 10.2 Å². The molecule has 0 radical (unpaired) electrons. The second-order valence-corrected chi connectivity index (χ2v) is 3.05. The number of nitro groups is 1. The summed E-state index contributed by atoms with van der Waals surface area (Å²) in [6, 6.07) is 5.53. The first-order valence-electron chi connectivity index (χ1n) is 4.57. The van der Waals surface area contributed by atoms with Gasteiger partial charge in [-0.15, -0.1) is 5.10 Å². The van der Waals surface area contributed by atoms with Gasteiger partial charge >= 0.3 is 5.76 Å². The fourth-order valence-electron chi connectivity index (χ4n) is 1.13. The molecule has 17 heavy (non-hydrogen) atoms. The van der Waals surface area contributed by atoms with Crippen molar-refractivity contribution in [2.24, 2.45) is 0 Å². The molecule has 0 aliphatic rings. The number of aromatic amines is 1. The average Bonchev–Trinajstić information content (AvgIpc) is 2.73. The monoisotopic (exact) mass is 237 g/mol. The Bertz CT molecular complexity index is 571. The van der Waals surface area contributed by atoms with Gasteiger partial charge in [-0.05, 0) is 12.1 Å². The second kappa shape index (κ2) is 4.47. The van der Waals surface area contributed by atoms with E-state index in [1.54, 1.807) is 0 Å². The van der Waals surface area contributed by atoms with Crippen LogP contribution < -0.4 is 10.5 Å². The van der Waals surface area contributed by atoms with Crippen LogP contribution in [-0.2, 0) is 6.61 Å². The fourth-order valence-corrected chi connectivity index (χ4v) is 1.13. The fraction of sp³-hybridized carbons (Fsp3) is 0.111. The Morgan fingerprint density at radius 1 is 1.41 bits per heavy atom. The molecule has 0 unspecified atom stereocenters. The maximum absolute atomic E-state index is 10.6. The Labute approximate surface area is 94.0 Å². The van der Waals surface area contributed by atoms with Crippen LogP contribution in [0, 0.1) is 10.1 Å². The van der Waals surface area contributed by atoms with E-state index in [-0.39, 0.29) is 18.2 Å². The number of rotatable bonds is 4. The first-order valence-corrected chi connectivity index (χ1v) is 4.57. The SMILES string of the molecule is O=c1[nH]nc(COc2ccc([N+](=O)[O-])cc2)o1. The van der Waals surface area contributed by atoms with Crippen LogP contribution in [0.3, 0.4) is 0 Å². The molecule has 1 aromatic carbocycles. The van der Waals surface area contributed by atoms with Gasteiger partial charge in [0, 0.05) is 12.1 Å². The molecule has 2 aromatic rings. The lowest BCUT2D eigenvalue weighted by Crippen LogP contribution is -1.96. The number of H-pyrrole nitrogens is 1. The summed E-state index contributed by atoms with van der Waals surface area (Å²) in [5.74, 6) is -0.137. The van der Waals surface area contributed by atoms with Gasteiger partial charge in [-0.1, -0.05) is 0 Å². The normalized spacial score (nSPS) is 10.1. The molecule has 1 aromatic heterocycles. The van der Waals surface area contributed by atoms with Gasteiger partial charge in [0.1, 0.15) is 5.75 Å². The summed E-state index contributed by atoms with van der Waals surface area (Å²) in [6.07, 6.45) is 0. The van der Waals surface area contributed by atoms with Crippen LogP contribution in [-0.4, -0.2) is 15.1 Å². The van der Waals surface area contributed by atoms with Gasteiger partial charge in [0.15, 0.2) is 6.61 Å². The maximum Gasteiger partial charge on any atom is 0.434 e. The van der Waals surface area contributed by atoms with E-state index in [0.29, 0.717) is 5.75 Å². The van der Waals surface area contributed by atoms with Crippen LogP contribution in [0.2, 0.25) is 0 Å². The van der Waals surface area contributed by atoms with Crippen LogP contribution in [0.15, 0.2) is 33.5 Å². The lowest BCUT2D eigenvalue weighted by molar-refractivity contribution is -0.384. The third-order valence-electron chi connectivity index (χ3n) is 1.89. The lowest BCUT2D eigenvalue weighted by Gasteiger charge is -2.01. The largest absolute Gasteiger partial charge is 0.484 e. The minimum Gasteiger partial charge on any atom is -0.484 e. The Hall–Kier alpha value is -2.64. The van der Waals surface area contributed by atoms with E-state index < -0.39 is 10.7 Å². The molecule has 0 atom stereocenters. The number of benzene rings is 1. The van der Waals surface area contributed by atoms with E-state index in [0.717, 1.165) is 0 Å². The number of nitrogens with zero attached hydrogens (tertiary/aromatic N) is 2. The number of nitrogens with one attached hydrogen (secondary N) is 1. The standard InChI is InChI=1S/C9H7N3O5/c13-9-11-10-8(17-9)5-16-7-3-1-6(2-4-7)12(14)15/h1-4H,5H2,(H,11,13). The Morgan fingerprint density at radius 2 is 2.12 bits per heavy atom. The zero-order chi connectivity index (χ0) is 12.3. The number of nitro benzene ring substituents is 1. The highest BCUT2D eigenvalue weighted by molar-refractivity contribution is 5.35. The van der Waals surface area contributed by atoms with Crippen LogP contribution in [0.4, 0.5) is 5.69 Å². The maximum atomic E-state index is 10.6. The summed E-state index contributed by atoms with van der Waals surface area (Å²) in [5, 5.41) is 16.0. The van der Waals surface area contributed by atoms with Gasteiger partial charge in [0.05, 0.1) is 4.92 Å². The molecule has 0 saturated carbocycles. The lowest BCUT2D eigenvalue weighted by atomic mass is 10.3. The van der Waals surface area contributed by atoms with E-state index in [2.05, 4.69) is 14.6 Å². The van der Waals surface area contributed by atoms with Gasteiger partial charge in [0.25, 0.3) is 11.6 Å². The minimum atomic E-state index is -0.660. The van der Waals surface area contributed by atoms with Gasteiger partial charge in [-0.2, -0.15) is 0 Å². The molecule has 0 spiro atoms. The quantitative estimate of drug-likeness (QED) is 0.623. The average molecular weight is 237 g/mol. The Balaban J connectivity index is 2.00. The molecule has 0 fully saturated rings. The Morgan fingerprint density at radius 3 is 2.65 bits per heavy atom. The molecule has 0 aliphatic carbocycles. The summed E-state index contributed by atoms with van der Waals surface area (Å²) < 4.78 is 9.81. The van der Waals surface area contributed by atoms with Gasteiger partial charge < -0.3 is 9.15 Å². The molecular formula is C9H7N3O5. The summed E-state index contributed by atoms with van der Waals surface area (Å²) >= 11 is 0. The number of hydrogen-bond donors (Lipinski definition) is 1. The summed E-state index contributed by atoms with van der Waals surface area (Å²) in [4.78, 5) is 20.5. The molecular weight excluding hydrogens is 230 g/mol. The second-order valence-electron chi connectivity index (χ2n) is 3.05. The number of non-ortho nitro benzene ring substituents is 1. The van der Waals surface area contributed by atoms with Gasteiger partial charge in [0.2, 0.25) is 0 Å². The third-order valence-corrected chi connectivity index (χ3v) is 1.89. The van der Waals surface area contributed by atoms with E-state index in [4.69, 9.17) is 4.74 Å². The van der Waals surface area contributed by atoms with Crippen LogP contribution in [0.25, 0.3) is 0 Å². The number of hydrogen-bond acceptors (Lipinski definition) is 6. The van der Waals surface area contributed by atoms with Crippen molar-refractivity contribution in [2.45, 2.75) is 6.61 Å². The molecule has 8 heteroatoms. The summed E-state index contributed by atoms with van der Waals surface area (Å²) in [5.41, 5.74) is -0.0244. The summed E-state index contributed by atoms with van der Waals surface area (Å²) in [7, 11) is 0. The Kier molecular flexibility index (Phi) is 2.86. The molecule has 88 valence electrons. The zero-order valence-corrected chi connectivity index (χ0v) is 8.45. The first-order chi connectivity index (χ1) is 8.15. The van der Waals surface area contributed by atoms with Crippen molar-refractivity contribution in [3.63, 3.8) is 0 Å². The molecule has 0 aliphatic heterocycles. The molecule has 1 N–H and O–H groups in total. The van der Waals surface area contributed by atoms with Crippen molar-refractivity contribution >= 4 is 5.69 Å². The molecule has 1 heterocycles. The van der Waals surface area contributed by atoms with Crippen molar-refractivity contribution < 1.29 is 14.1 Å². The van der Waals surface area contributed by atoms with E-state index >= 15 is 0 Å². The molecule has 0 bridgehead atoms. The third kappa shape index (κ3) is 2.68. The van der Waals surface area contributed by atoms with E-state index in [1.807, 2.05) is 0 Å². The molecule has 0 saturated heterocycles. The highest BCUT2D eigenvalue weighted by atomic mass is 16.6. The highest BCUT2D eigenvalue weighted by Crippen LogP contribution is 2.17. The van der Waals surface area contributed by atoms with E-state index in [1.165, 1.54) is 24.3 Å². The molecule has 8 nitrogen and oxygen atoms in total. The van der Waals surface area contributed by atoms with Crippen LogP contribution >= 0.6 is 0 Å². The molecule has 2 rings (SSSR count). The highest BCUT2D eigenvalue weighted by Gasteiger charge is 2.06. The minimum absolute atomic E-state index is 0.0244. The predicted octanol–water partition coefficient (Wildman–Crippen LogP) is 0.850. The topological polar surface area (TPSA) is 111 Å². The van der Waals surface area contributed by atoms with Crippen molar-refractivity contribution in [2.75, 3.05) is 0 Å². The first kappa shape index (κ1) is 10.9. The van der Waals surface area contributed by atoms with E-state index in [9.17, 15) is 14.9 Å². The molecule has 0 amide bonds. The number of aromatic nitrogens is 2. The zero-order valence-electron chi connectivity index (χ0n) is 8.45. The van der Waals surface area contributed by atoms with Gasteiger partial charge in [-0.3, -0.25) is 10.1 Å². The van der Waals surface area contributed by atoms with Crippen molar-refractivity contribution in [1.29, 1.82) is 0 Å². The number of ether oxygens (including phenoxy) is 1. The summed E-state index contributed by atoms with van der Waals surface area (Å²) in [6.45, 7) is -0.0312. The smallest absolute Gasteiger partial charge is 0.434 e.